The van der Waals surface area contributed by atoms with Crippen LogP contribution >= 0.6 is 0 Å². The monoisotopic (exact) mass is 284 g/mol. The number of nitrogens with zero attached hydrogens (tertiary/aromatic N) is 1. The molecule has 1 aromatic carbocycles. The van der Waals surface area contributed by atoms with Crippen molar-refractivity contribution in [2.24, 2.45) is 0 Å². The number of carbonyl (C=O) groups excluding carboxylic acids is 2. The van der Waals surface area contributed by atoms with Gasteiger partial charge in [-0.25, -0.2) is 9.78 Å². The van der Waals surface area contributed by atoms with Gasteiger partial charge in [0, 0.05) is 11.9 Å². The van der Waals surface area contributed by atoms with Crippen LogP contribution in [0.15, 0.2) is 54.7 Å². The van der Waals surface area contributed by atoms with Crippen molar-refractivity contribution >= 4 is 17.6 Å². The third-order valence-electron chi connectivity index (χ3n) is 2.83. The van der Waals surface area contributed by atoms with E-state index in [0.29, 0.717) is 12.1 Å². The highest BCUT2D eigenvalue weighted by molar-refractivity contribution is 5.96. The van der Waals surface area contributed by atoms with Gasteiger partial charge in [0.25, 0.3) is 5.91 Å². The zero-order valence-corrected chi connectivity index (χ0v) is 11.7. The molecule has 0 aliphatic rings. The van der Waals surface area contributed by atoms with E-state index in [2.05, 4.69) is 10.3 Å². The normalized spacial score (nSPS) is 11.5. The number of carbonyl (C=O) groups is 2. The predicted octanol–water partition coefficient (Wildman–Crippen LogP) is 2.66. The standard InChI is InChI=1S/C16H16N2O3/c1-2-14(15(19)18-12-8-4-3-5-9-12)21-16(20)13-10-6-7-11-17-13/h3-11,14H,2H2,1H3,(H,18,19). The number of esters is 1. The molecule has 108 valence electrons. The number of anilines is 1. The maximum Gasteiger partial charge on any atom is 0.357 e. The van der Waals surface area contributed by atoms with Crippen molar-refractivity contribution in [3.8, 4) is 0 Å². The van der Waals surface area contributed by atoms with Gasteiger partial charge in [0.1, 0.15) is 5.69 Å². The Balaban J connectivity index is 1.99. The van der Waals surface area contributed by atoms with Crippen LogP contribution in [-0.2, 0) is 9.53 Å². The molecular formula is C16H16N2O3. The lowest BCUT2D eigenvalue weighted by Crippen LogP contribution is -2.32. The van der Waals surface area contributed by atoms with E-state index in [-0.39, 0.29) is 11.6 Å². The maximum atomic E-state index is 12.1. The van der Waals surface area contributed by atoms with Crippen molar-refractivity contribution in [1.82, 2.24) is 4.98 Å². The molecule has 0 saturated heterocycles. The van der Waals surface area contributed by atoms with E-state index in [9.17, 15) is 9.59 Å². The van der Waals surface area contributed by atoms with E-state index in [4.69, 9.17) is 4.74 Å². The van der Waals surface area contributed by atoms with Gasteiger partial charge < -0.3 is 10.1 Å². The van der Waals surface area contributed by atoms with Crippen LogP contribution in [0.5, 0.6) is 0 Å². The molecule has 2 rings (SSSR count). The van der Waals surface area contributed by atoms with Crippen LogP contribution in [0.1, 0.15) is 23.8 Å². The predicted molar refractivity (Wildman–Crippen MR) is 78.8 cm³/mol. The average Bonchev–Trinajstić information content (AvgIpc) is 2.54. The van der Waals surface area contributed by atoms with Crippen LogP contribution in [0.25, 0.3) is 0 Å². The lowest BCUT2D eigenvalue weighted by atomic mass is 10.2. The molecule has 0 fully saturated rings. The summed E-state index contributed by atoms with van der Waals surface area (Å²) < 4.78 is 5.21. The molecule has 1 aromatic heterocycles. The number of hydrogen-bond donors (Lipinski definition) is 1. The summed E-state index contributed by atoms with van der Waals surface area (Å²) >= 11 is 0. The van der Waals surface area contributed by atoms with Crippen molar-refractivity contribution < 1.29 is 14.3 Å². The Morgan fingerprint density at radius 1 is 1.14 bits per heavy atom. The fourth-order valence-corrected chi connectivity index (χ4v) is 1.74. The molecule has 1 atom stereocenters. The Hall–Kier alpha value is -2.69. The smallest absolute Gasteiger partial charge is 0.357 e. The Kier molecular flexibility index (Phi) is 5.04. The summed E-state index contributed by atoms with van der Waals surface area (Å²) in [7, 11) is 0. The van der Waals surface area contributed by atoms with Crippen LogP contribution < -0.4 is 5.32 Å². The van der Waals surface area contributed by atoms with Crippen molar-refractivity contribution in [2.45, 2.75) is 19.4 Å². The zero-order valence-electron chi connectivity index (χ0n) is 11.7. The highest BCUT2D eigenvalue weighted by atomic mass is 16.5. The Morgan fingerprint density at radius 3 is 2.48 bits per heavy atom. The number of ether oxygens (including phenoxy) is 1. The zero-order chi connectivity index (χ0) is 15.1. The second-order valence-electron chi connectivity index (χ2n) is 4.37. The summed E-state index contributed by atoms with van der Waals surface area (Å²) in [6.07, 6.45) is 1.04. The summed E-state index contributed by atoms with van der Waals surface area (Å²) in [6.45, 7) is 1.78. The molecule has 0 bridgehead atoms. The molecule has 5 heteroatoms. The number of para-hydroxylation sites is 1. The Labute approximate surface area is 123 Å². The lowest BCUT2D eigenvalue weighted by molar-refractivity contribution is -0.124. The van der Waals surface area contributed by atoms with Crippen molar-refractivity contribution in [3.05, 3.63) is 60.4 Å². The van der Waals surface area contributed by atoms with Crippen LogP contribution in [0, 0.1) is 0 Å². The lowest BCUT2D eigenvalue weighted by Gasteiger charge is -2.15. The molecule has 1 amide bonds. The largest absolute Gasteiger partial charge is 0.448 e. The van der Waals surface area contributed by atoms with Gasteiger partial charge in [0.2, 0.25) is 0 Å². The third-order valence-corrected chi connectivity index (χ3v) is 2.83. The molecule has 1 unspecified atom stereocenters. The van der Waals surface area contributed by atoms with Gasteiger partial charge in [-0.2, -0.15) is 0 Å². The number of rotatable bonds is 5. The highest BCUT2D eigenvalue weighted by Gasteiger charge is 2.22. The van der Waals surface area contributed by atoms with Gasteiger partial charge in [-0.15, -0.1) is 0 Å². The van der Waals surface area contributed by atoms with Gasteiger partial charge in [-0.1, -0.05) is 31.2 Å². The minimum atomic E-state index is -0.847. The highest BCUT2D eigenvalue weighted by Crippen LogP contribution is 2.10. The van der Waals surface area contributed by atoms with E-state index in [0.717, 1.165) is 0 Å². The topological polar surface area (TPSA) is 68.3 Å². The molecule has 1 heterocycles. The number of amides is 1. The molecule has 21 heavy (non-hydrogen) atoms. The first-order valence-corrected chi connectivity index (χ1v) is 6.68. The number of aromatic nitrogens is 1. The Bertz CT molecular complexity index is 599. The van der Waals surface area contributed by atoms with Crippen LogP contribution in [0.4, 0.5) is 5.69 Å². The average molecular weight is 284 g/mol. The van der Waals surface area contributed by atoms with E-state index in [1.807, 2.05) is 18.2 Å². The van der Waals surface area contributed by atoms with Crippen LogP contribution in [0.2, 0.25) is 0 Å². The third kappa shape index (κ3) is 4.14. The van der Waals surface area contributed by atoms with Crippen LogP contribution in [0.3, 0.4) is 0 Å². The molecule has 2 aromatic rings. The molecule has 5 nitrogen and oxygen atoms in total. The van der Waals surface area contributed by atoms with Gasteiger partial charge in [0.05, 0.1) is 0 Å². The first-order valence-electron chi connectivity index (χ1n) is 6.68. The molecule has 0 saturated carbocycles. The molecule has 0 aliphatic heterocycles. The summed E-state index contributed by atoms with van der Waals surface area (Å²) in [5.74, 6) is -0.960. The van der Waals surface area contributed by atoms with E-state index in [1.54, 1.807) is 37.3 Å². The number of hydrogen-bond acceptors (Lipinski definition) is 4. The first kappa shape index (κ1) is 14.7. The van der Waals surface area contributed by atoms with Gasteiger partial charge in [0.15, 0.2) is 6.10 Å². The van der Waals surface area contributed by atoms with Crippen LogP contribution in [-0.4, -0.2) is 23.0 Å². The van der Waals surface area contributed by atoms with Gasteiger partial charge in [-0.3, -0.25) is 4.79 Å². The fraction of sp³-hybridized carbons (Fsp3) is 0.188. The van der Waals surface area contributed by atoms with Crippen molar-refractivity contribution in [2.75, 3.05) is 5.32 Å². The second-order valence-corrected chi connectivity index (χ2v) is 4.37. The fourth-order valence-electron chi connectivity index (χ4n) is 1.74. The summed E-state index contributed by atoms with van der Waals surface area (Å²) in [5, 5.41) is 2.71. The molecule has 0 radical (unpaired) electrons. The van der Waals surface area contributed by atoms with E-state index < -0.39 is 12.1 Å². The second kappa shape index (κ2) is 7.19. The van der Waals surface area contributed by atoms with E-state index >= 15 is 0 Å². The Morgan fingerprint density at radius 2 is 1.86 bits per heavy atom. The van der Waals surface area contributed by atoms with Crippen molar-refractivity contribution in [1.29, 1.82) is 0 Å². The minimum absolute atomic E-state index is 0.184. The number of pyridine rings is 1. The van der Waals surface area contributed by atoms with E-state index in [1.165, 1.54) is 6.20 Å². The molecule has 0 spiro atoms. The minimum Gasteiger partial charge on any atom is -0.448 e. The number of nitrogens with one attached hydrogen (secondary N) is 1. The van der Waals surface area contributed by atoms with Gasteiger partial charge >= 0.3 is 5.97 Å². The van der Waals surface area contributed by atoms with Gasteiger partial charge in [-0.05, 0) is 30.7 Å². The summed E-state index contributed by atoms with van der Waals surface area (Å²) in [6, 6.07) is 14.0. The molecule has 1 N–H and O–H groups in total. The maximum absolute atomic E-state index is 12.1. The van der Waals surface area contributed by atoms with Crippen molar-refractivity contribution in [3.63, 3.8) is 0 Å². The molecular weight excluding hydrogens is 268 g/mol. The summed E-state index contributed by atoms with van der Waals surface area (Å²) in [4.78, 5) is 27.9. The molecule has 0 aliphatic carbocycles. The number of benzene rings is 1. The SMILES string of the molecule is CCC(OC(=O)c1ccccn1)C(=O)Nc1ccccc1. The quantitative estimate of drug-likeness (QED) is 0.857. The first-order chi connectivity index (χ1) is 10.2. The summed E-state index contributed by atoms with van der Waals surface area (Å²) in [5.41, 5.74) is 0.846.